The Labute approximate surface area is 297 Å². The highest BCUT2D eigenvalue weighted by molar-refractivity contribution is 8.18. The molecule has 0 heterocycles. The number of hydrogen-bond acceptors (Lipinski definition) is 4. The highest BCUT2D eigenvalue weighted by atomic mass is 35.5. The fourth-order valence-electron chi connectivity index (χ4n) is 4.61. The summed E-state index contributed by atoms with van der Waals surface area (Å²) in [6.07, 6.45) is -6.50. The third kappa shape index (κ3) is 11.2. The van der Waals surface area contributed by atoms with Gasteiger partial charge in [-0.15, -0.1) is 23.5 Å². The summed E-state index contributed by atoms with van der Waals surface area (Å²) in [5.41, 5.74) is 14.1. The average molecular weight is 764 g/mol. The number of carbonyl (C=O) groups is 2. The van der Waals surface area contributed by atoms with Crippen molar-refractivity contribution in [3.63, 3.8) is 0 Å². The number of unbranched alkanes of at least 4 members (excludes halogenated alkanes) is 1. The van der Waals surface area contributed by atoms with Crippen molar-refractivity contribution >= 4 is 64.5 Å². The van der Waals surface area contributed by atoms with Crippen molar-refractivity contribution < 1.29 is 35.9 Å². The predicted molar refractivity (Wildman–Crippen MR) is 183 cm³/mol. The lowest BCUT2D eigenvalue weighted by Gasteiger charge is -2.40. The molecule has 0 spiro atoms. The van der Waals surface area contributed by atoms with E-state index in [-0.39, 0.29) is 17.6 Å². The van der Waals surface area contributed by atoms with E-state index in [0.717, 1.165) is 54.2 Å². The third-order valence-corrected chi connectivity index (χ3v) is 10.4. The molecule has 6 nitrogen and oxygen atoms in total. The zero-order valence-corrected chi connectivity index (χ0v) is 28.8. The van der Waals surface area contributed by atoms with Gasteiger partial charge in [-0.2, -0.15) is 31.3 Å². The van der Waals surface area contributed by atoms with Crippen LogP contribution in [0.3, 0.4) is 0 Å². The van der Waals surface area contributed by atoms with Gasteiger partial charge in [-0.1, -0.05) is 66.4 Å². The number of nitrogens with two attached hydrogens (primary N) is 3. The molecule has 16 heteroatoms. The fourth-order valence-corrected chi connectivity index (χ4v) is 8.28. The molecule has 49 heavy (non-hydrogen) atoms. The summed E-state index contributed by atoms with van der Waals surface area (Å²) in [5.74, 6) is -2.28. The fraction of sp³-hybridized carbons (Fsp3) is 0.242. The summed E-state index contributed by atoms with van der Waals surface area (Å²) in [6, 6.07) is 17.4. The number of allylic oxidation sites excluding steroid dienone is 1. The van der Waals surface area contributed by atoms with Gasteiger partial charge in [0.25, 0.3) is 5.91 Å². The summed E-state index contributed by atoms with van der Waals surface area (Å²) >= 11 is 14.6. The van der Waals surface area contributed by atoms with E-state index in [2.05, 4.69) is 4.99 Å². The van der Waals surface area contributed by atoms with Crippen molar-refractivity contribution in [3.8, 4) is 0 Å². The summed E-state index contributed by atoms with van der Waals surface area (Å²) in [5, 5.41) is 0.730. The molecule has 6 N–H and O–H groups in total. The summed E-state index contributed by atoms with van der Waals surface area (Å²) in [7, 11) is 0. The van der Waals surface area contributed by atoms with Gasteiger partial charge in [0, 0.05) is 26.0 Å². The lowest BCUT2D eigenvalue weighted by molar-refractivity contribution is -0.137. The van der Waals surface area contributed by atoms with E-state index in [9.17, 15) is 35.9 Å². The molecule has 262 valence electrons. The zero-order valence-electron chi connectivity index (χ0n) is 25.7. The van der Waals surface area contributed by atoms with E-state index >= 15 is 0 Å². The van der Waals surface area contributed by atoms with Gasteiger partial charge in [-0.25, -0.2) is 0 Å². The number of alkyl halides is 6. The SMILES string of the molecule is CCCCC1=C(C(=O)N=C(N)N)C=C(C(F)(F)F)C(Sc2cccc(Cl)c2)(Sc2ccccc2Cl)C1.NC(=O)c1cccc(C(F)(F)F)c1. The second-order valence-corrected chi connectivity index (χ2v) is 14.3. The summed E-state index contributed by atoms with van der Waals surface area (Å²) in [6.45, 7) is 1.96. The quantitative estimate of drug-likeness (QED) is 0.0864. The Morgan fingerprint density at radius 1 is 0.878 bits per heavy atom. The average Bonchev–Trinajstić information content (AvgIpc) is 3.00. The van der Waals surface area contributed by atoms with Crippen molar-refractivity contribution in [1.29, 1.82) is 0 Å². The Balaban J connectivity index is 0.000000419. The monoisotopic (exact) mass is 762 g/mol. The number of nitrogens with zero attached hydrogens (tertiary/aromatic N) is 1. The van der Waals surface area contributed by atoms with Crippen LogP contribution in [0.1, 0.15) is 48.5 Å². The largest absolute Gasteiger partial charge is 0.416 e. The molecule has 0 saturated heterocycles. The molecule has 0 aliphatic heterocycles. The van der Waals surface area contributed by atoms with Crippen LogP contribution in [-0.4, -0.2) is 28.0 Å². The third-order valence-electron chi connectivity index (χ3n) is 6.79. The number of hydrogen-bond donors (Lipinski definition) is 3. The van der Waals surface area contributed by atoms with Crippen molar-refractivity contribution in [2.75, 3.05) is 0 Å². The number of halogens is 8. The molecule has 3 aromatic carbocycles. The van der Waals surface area contributed by atoms with Crippen LogP contribution in [0.4, 0.5) is 26.3 Å². The first-order valence-corrected chi connectivity index (χ1v) is 16.8. The van der Waals surface area contributed by atoms with Crippen LogP contribution in [0, 0.1) is 0 Å². The molecule has 2 amide bonds. The minimum absolute atomic E-state index is 0.0769. The van der Waals surface area contributed by atoms with Gasteiger partial charge in [-0.3, -0.25) is 9.59 Å². The Morgan fingerprint density at radius 3 is 2.12 bits per heavy atom. The number of thioether (sulfide) groups is 2. The number of benzene rings is 3. The van der Waals surface area contributed by atoms with E-state index < -0.39 is 45.3 Å². The van der Waals surface area contributed by atoms with E-state index in [1.54, 1.807) is 48.5 Å². The molecular weight excluding hydrogens is 733 g/mol. The van der Waals surface area contributed by atoms with Crippen molar-refractivity contribution in [1.82, 2.24) is 0 Å². The first-order valence-electron chi connectivity index (χ1n) is 14.4. The van der Waals surface area contributed by atoms with Gasteiger partial charge in [0.05, 0.1) is 16.2 Å². The smallest absolute Gasteiger partial charge is 0.370 e. The van der Waals surface area contributed by atoms with E-state index in [1.807, 2.05) is 6.92 Å². The minimum Gasteiger partial charge on any atom is -0.370 e. The van der Waals surface area contributed by atoms with Gasteiger partial charge in [0.1, 0.15) is 4.08 Å². The standard InChI is InChI=1S/C25H24Cl2F3N3OS2.C8H6F3NO/c1-2-3-7-15-14-24(35-17-9-6-8-16(26)12-17,36-20-11-5-4-10-19(20)27)21(25(28,29)30)13-18(15)22(34)33-23(31)32;9-8(10,11)6-3-1-2-5(4-6)7(12)13/h4-6,8-13H,2-3,7,14H2,1H3,(H4,31,32,33,34);1-4H,(H2,12,13). The molecular formula is C33H30Cl2F6N4O2S2. The number of amides is 2. The Bertz CT molecular complexity index is 1780. The van der Waals surface area contributed by atoms with E-state index in [4.69, 9.17) is 40.4 Å². The number of aliphatic imine (C=N–C) groups is 1. The minimum atomic E-state index is -4.76. The number of primary amides is 1. The van der Waals surface area contributed by atoms with Gasteiger partial charge in [0.15, 0.2) is 5.96 Å². The Kier molecular flexibility index (Phi) is 13.7. The molecule has 0 fully saturated rings. The van der Waals surface area contributed by atoms with Crippen LogP contribution in [-0.2, 0) is 11.0 Å². The summed E-state index contributed by atoms with van der Waals surface area (Å²) in [4.78, 5) is 27.9. The highest BCUT2D eigenvalue weighted by Crippen LogP contribution is 2.60. The lowest BCUT2D eigenvalue weighted by atomic mass is 9.87. The molecule has 0 saturated carbocycles. The van der Waals surface area contributed by atoms with E-state index in [0.29, 0.717) is 38.3 Å². The summed E-state index contributed by atoms with van der Waals surface area (Å²) < 4.78 is 78.8. The Hall–Kier alpha value is -3.59. The molecule has 1 aliphatic carbocycles. The topological polar surface area (TPSA) is 125 Å². The van der Waals surface area contributed by atoms with Crippen LogP contribution in [0.2, 0.25) is 10.0 Å². The normalized spacial score (nSPS) is 16.3. The second-order valence-electron chi connectivity index (χ2n) is 10.5. The Morgan fingerprint density at radius 2 is 1.55 bits per heavy atom. The molecule has 1 atom stereocenters. The number of rotatable bonds is 9. The number of carbonyl (C=O) groups excluding carboxylic acids is 2. The van der Waals surface area contributed by atoms with Crippen molar-refractivity contribution in [2.45, 2.75) is 58.8 Å². The van der Waals surface area contributed by atoms with Crippen LogP contribution in [0.5, 0.6) is 0 Å². The van der Waals surface area contributed by atoms with E-state index in [1.165, 1.54) is 6.07 Å². The first-order chi connectivity index (χ1) is 22.9. The van der Waals surface area contributed by atoms with Gasteiger partial charge >= 0.3 is 12.4 Å². The lowest BCUT2D eigenvalue weighted by Crippen LogP contribution is -2.36. The predicted octanol–water partition coefficient (Wildman–Crippen LogP) is 9.56. The molecule has 0 aromatic heterocycles. The van der Waals surface area contributed by atoms with Gasteiger partial charge < -0.3 is 17.2 Å². The first kappa shape index (κ1) is 39.8. The molecule has 0 radical (unpaired) electrons. The molecule has 3 aromatic rings. The maximum absolute atomic E-state index is 14.7. The van der Waals surface area contributed by atoms with Gasteiger partial charge in [0.2, 0.25) is 5.91 Å². The maximum atomic E-state index is 14.7. The van der Waals surface area contributed by atoms with Crippen LogP contribution < -0.4 is 17.2 Å². The van der Waals surface area contributed by atoms with Gasteiger partial charge in [-0.05, 0) is 73.9 Å². The number of guanidine groups is 1. The highest BCUT2D eigenvalue weighted by Gasteiger charge is 2.53. The zero-order chi connectivity index (χ0) is 36.6. The van der Waals surface area contributed by atoms with Crippen LogP contribution in [0.25, 0.3) is 0 Å². The maximum Gasteiger partial charge on any atom is 0.416 e. The van der Waals surface area contributed by atoms with Crippen molar-refractivity contribution in [3.05, 3.63) is 117 Å². The molecule has 1 unspecified atom stereocenters. The van der Waals surface area contributed by atoms with Crippen LogP contribution in [0.15, 0.2) is 110 Å². The molecule has 1 aliphatic rings. The molecule has 0 bridgehead atoms. The van der Waals surface area contributed by atoms with Crippen molar-refractivity contribution in [2.24, 2.45) is 22.2 Å². The second kappa shape index (κ2) is 16.9. The molecule has 4 rings (SSSR count). The van der Waals surface area contributed by atoms with Crippen LogP contribution >= 0.6 is 46.7 Å².